The third kappa shape index (κ3) is 7.43. The first-order valence-corrected chi connectivity index (χ1v) is 9.50. The van der Waals surface area contributed by atoms with E-state index in [2.05, 4.69) is 15.6 Å². The third-order valence-corrected chi connectivity index (χ3v) is 4.16. The zero-order valence-electron chi connectivity index (χ0n) is 17.7. The third-order valence-electron chi connectivity index (χ3n) is 4.16. The van der Waals surface area contributed by atoms with Crippen LogP contribution in [0.3, 0.4) is 0 Å². The largest absolute Gasteiger partial charge is 0.493 e. The molecule has 0 aliphatic heterocycles. The molecule has 0 fully saturated rings. The molecule has 0 saturated heterocycles. The first-order valence-electron chi connectivity index (χ1n) is 9.50. The Balaban J connectivity index is 0.00000420. The summed E-state index contributed by atoms with van der Waals surface area (Å²) < 4.78 is 16.5. The number of aliphatic imine (C=N–C) groups is 1. The Morgan fingerprint density at radius 3 is 2.52 bits per heavy atom. The smallest absolute Gasteiger partial charge is 0.191 e. The summed E-state index contributed by atoms with van der Waals surface area (Å²) >= 11 is 0. The zero-order chi connectivity index (χ0) is 20.6. The monoisotopic (exact) mass is 517 g/mol. The van der Waals surface area contributed by atoms with Gasteiger partial charge in [0.25, 0.3) is 0 Å². The van der Waals surface area contributed by atoms with E-state index in [1.54, 1.807) is 20.1 Å². The summed E-state index contributed by atoms with van der Waals surface area (Å²) in [5.74, 6) is 3.29. The maximum absolute atomic E-state index is 10.7. The van der Waals surface area contributed by atoms with Crippen LogP contribution < -0.4 is 20.1 Å². The van der Waals surface area contributed by atoms with Gasteiger partial charge in [-0.2, -0.15) is 0 Å². The fraction of sp³-hybridized carbons (Fsp3) is 0.476. The van der Waals surface area contributed by atoms with Crippen molar-refractivity contribution in [1.82, 2.24) is 10.6 Å². The van der Waals surface area contributed by atoms with Crippen molar-refractivity contribution < 1.29 is 19.0 Å². The molecule has 7 nitrogen and oxygen atoms in total. The van der Waals surface area contributed by atoms with Crippen LogP contribution >= 0.6 is 24.0 Å². The van der Waals surface area contributed by atoms with E-state index in [9.17, 15) is 5.11 Å². The Kier molecular flexibility index (Phi) is 10.3. The number of benzene rings is 1. The molecule has 1 aromatic carbocycles. The SMILES string of the molecule is CCNC(=NCc1ccc(OC)c(OCC)c1)NCC(C)(O)c1ccc(C)o1.I. The second-order valence-electron chi connectivity index (χ2n) is 6.65. The molecule has 1 heterocycles. The number of nitrogens with zero attached hydrogens (tertiary/aromatic N) is 1. The van der Waals surface area contributed by atoms with E-state index in [4.69, 9.17) is 13.9 Å². The number of aryl methyl sites for hydroxylation is 1. The molecule has 0 bridgehead atoms. The lowest BCUT2D eigenvalue weighted by Gasteiger charge is -2.23. The summed E-state index contributed by atoms with van der Waals surface area (Å²) in [6.45, 7) is 9.48. The van der Waals surface area contributed by atoms with Crippen LogP contribution in [0.15, 0.2) is 39.7 Å². The summed E-state index contributed by atoms with van der Waals surface area (Å²) in [5, 5.41) is 17.0. The lowest BCUT2D eigenvalue weighted by Crippen LogP contribution is -2.44. The van der Waals surface area contributed by atoms with E-state index in [-0.39, 0.29) is 30.5 Å². The Hall–Kier alpha value is -1.94. The molecular weight excluding hydrogens is 485 g/mol. The summed E-state index contributed by atoms with van der Waals surface area (Å²) in [5.41, 5.74) is -0.151. The van der Waals surface area contributed by atoms with E-state index in [0.29, 0.717) is 42.9 Å². The summed E-state index contributed by atoms with van der Waals surface area (Å²) in [6, 6.07) is 9.38. The maximum atomic E-state index is 10.7. The summed E-state index contributed by atoms with van der Waals surface area (Å²) in [6.07, 6.45) is 0. The van der Waals surface area contributed by atoms with E-state index in [1.807, 2.05) is 45.0 Å². The Bertz CT molecular complexity index is 790. The Labute approximate surface area is 189 Å². The Morgan fingerprint density at radius 2 is 1.93 bits per heavy atom. The zero-order valence-corrected chi connectivity index (χ0v) is 20.1. The lowest BCUT2D eigenvalue weighted by atomic mass is 10.0. The van der Waals surface area contributed by atoms with Gasteiger partial charge in [-0.3, -0.25) is 0 Å². The van der Waals surface area contributed by atoms with Crippen molar-refractivity contribution in [2.45, 2.75) is 39.8 Å². The lowest BCUT2D eigenvalue weighted by molar-refractivity contribution is 0.0378. The highest BCUT2D eigenvalue weighted by atomic mass is 127. The number of aliphatic hydroxyl groups is 1. The number of halogens is 1. The van der Waals surface area contributed by atoms with Gasteiger partial charge < -0.3 is 29.6 Å². The summed E-state index contributed by atoms with van der Waals surface area (Å²) in [4.78, 5) is 4.60. The molecule has 0 spiro atoms. The number of nitrogens with one attached hydrogen (secondary N) is 2. The minimum Gasteiger partial charge on any atom is -0.493 e. The van der Waals surface area contributed by atoms with Crippen LogP contribution in [-0.4, -0.2) is 37.9 Å². The van der Waals surface area contributed by atoms with Crippen LogP contribution in [0.25, 0.3) is 0 Å². The predicted octanol–water partition coefficient (Wildman–Crippen LogP) is 3.58. The number of furan rings is 1. The fourth-order valence-corrected chi connectivity index (χ4v) is 2.67. The molecule has 162 valence electrons. The van der Waals surface area contributed by atoms with Gasteiger partial charge in [-0.05, 0) is 57.5 Å². The van der Waals surface area contributed by atoms with Gasteiger partial charge in [-0.25, -0.2) is 4.99 Å². The molecule has 0 saturated carbocycles. The molecule has 3 N–H and O–H groups in total. The van der Waals surface area contributed by atoms with Gasteiger partial charge in [0.15, 0.2) is 17.5 Å². The molecule has 1 aromatic heterocycles. The molecule has 0 aliphatic carbocycles. The summed E-state index contributed by atoms with van der Waals surface area (Å²) in [7, 11) is 1.62. The topological polar surface area (TPSA) is 88.3 Å². The molecule has 0 aliphatic rings. The molecule has 1 unspecified atom stereocenters. The van der Waals surface area contributed by atoms with Crippen molar-refractivity contribution in [3.05, 3.63) is 47.4 Å². The van der Waals surface area contributed by atoms with Crippen molar-refractivity contribution in [3.63, 3.8) is 0 Å². The van der Waals surface area contributed by atoms with Gasteiger partial charge in [-0.15, -0.1) is 24.0 Å². The van der Waals surface area contributed by atoms with Crippen molar-refractivity contribution in [2.75, 3.05) is 26.8 Å². The second-order valence-corrected chi connectivity index (χ2v) is 6.65. The number of ether oxygens (including phenoxy) is 2. The minimum absolute atomic E-state index is 0. The van der Waals surface area contributed by atoms with Gasteiger partial charge in [0, 0.05) is 6.54 Å². The van der Waals surface area contributed by atoms with Crippen molar-refractivity contribution in [1.29, 1.82) is 0 Å². The predicted molar refractivity (Wildman–Crippen MR) is 125 cm³/mol. The molecule has 8 heteroatoms. The van der Waals surface area contributed by atoms with E-state index >= 15 is 0 Å². The second kappa shape index (κ2) is 11.9. The first kappa shape index (κ1) is 25.1. The van der Waals surface area contributed by atoms with Crippen LogP contribution in [0.5, 0.6) is 11.5 Å². The normalized spacial score (nSPS) is 13.2. The van der Waals surface area contributed by atoms with Crippen molar-refractivity contribution in [3.8, 4) is 11.5 Å². The molecular formula is C21H32IN3O4. The van der Waals surface area contributed by atoms with E-state index in [1.165, 1.54) is 0 Å². The average molecular weight is 517 g/mol. The van der Waals surface area contributed by atoms with Crippen molar-refractivity contribution in [2.24, 2.45) is 4.99 Å². The average Bonchev–Trinajstić information content (AvgIpc) is 3.12. The highest BCUT2D eigenvalue weighted by molar-refractivity contribution is 14.0. The number of methoxy groups -OCH3 is 1. The van der Waals surface area contributed by atoms with E-state index < -0.39 is 5.60 Å². The number of hydrogen-bond donors (Lipinski definition) is 3. The van der Waals surface area contributed by atoms with Crippen LogP contribution in [-0.2, 0) is 12.1 Å². The maximum Gasteiger partial charge on any atom is 0.191 e. The fourth-order valence-electron chi connectivity index (χ4n) is 2.67. The quantitative estimate of drug-likeness (QED) is 0.268. The number of hydrogen-bond acceptors (Lipinski definition) is 5. The molecule has 2 rings (SSSR count). The van der Waals surface area contributed by atoms with E-state index in [0.717, 1.165) is 11.3 Å². The molecule has 0 amide bonds. The highest BCUT2D eigenvalue weighted by Gasteiger charge is 2.27. The van der Waals surface area contributed by atoms with Gasteiger partial charge in [0.1, 0.15) is 17.1 Å². The number of rotatable bonds is 9. The number of guanidine groups is 1. The molecule has 2 aromatic rings. The van der Waals surface area contributed by atoms with Crippen LogP contribution in [0.1, 0.15) is 37.9 Å². The van der Waals surface area contributed by atoms with Crippen LogP contribution in [0.2, 0.25) is 0 Å². The van der Waals surface area contributed by atoms with Crippen LogP contribution in [0.4, 0.5) is 0 Å². The van der Waals surface area contributed by atoms with Gasteiger partial charge >= 0.3 is 0 Å². The van der Waals surface area contributed by atoms with Crippen molar-refractivity contribution >= 4 is 29.9 Å². The molecule has 29 heavy (non-hydrogen) atoms. The van der Waals surface area contributed by atoms with Crippen LogP contribution in [0, 0.1) is 6.92 Å². The highest BCUT2D eigenvalue weighted by Crippen LogP contribution is 2.28. The Morgan fingerprint density at radius 1 is 1.17 bits per heavy atom. The molecule has 1 atom stereocenters. The standard InChI is InChI=1S/C21H31N3O4.HI/c1-6-22-20(24-14-21(4,25)19-11-8-15(3)28-19)23-13-16-9-10-17(26-5)18(12-16)27-7-2;/h8-12,25H,6-7,13-14H2,1-5H3,(H2,22,23,24);1H. The van der Waals surface area contributed by atoms with Gasteiger partial charge in [0.05, 0.1) is 26.8 Å². The van der Waals surface area contributed by atoms with Gasteiger partial charge in [-0.1, -0.05) is 6.07 Å². The first-order chi connectivity index (χ1) is 13.4. The minimum atomic E-state index is -1.15. The van der Waals surface area contributed by atoms with Gasteiger partial charge in [0.2, 0.25) is 0 Å². The molecule has 0 radical (unpaired) electrons.